The molecule has 2 unspecified atom stereocenters. The van der Waals surface area contributed by atoms with Crippen LogP contribution in [-0.4, -0.2) is 37.6 Å². The van der Waals surface area contributed by atoms with Crippen LogP contribution in [0.15, 0.2) is 30.3 Å². The van der Waals surface area contributed by atoms with E-state index < -0.39 is 0 Å². The predicted octanol–water partition coefficient (Wildman–Crippen LogP) is 2.29. The molecule has 1 aromatic rings. The molecule has 4 heteroatoms. The lowest BCUT2D eigenvalue weighted by atomic mass is 9.95. The van der Waals surface area contributed by atoms with Crippen LogP contribution in [0.4, 0.5) is 0 Å². The number of nitrogens with two attached hydrogens (primary N) is 1. The van der Waals surface area contributed by atoms with E-state index in [0.717, 1.165) is 38.0 Å². The van der Waals surface area contributed by atoms with Gasteiger partial charge in [-0.3, -0.25) is 4.79 Å². The summed E-state index contributed by atoms with van der Waals surface area (Å²) in [5, 5.41) is 0. The first-order chi connectivity index (χ1) is 10.2. The number of carbonyl (C=O) groups is 1. The third kappa shape index (κ3) is 4.46. The van der Waals surface area contributed by atoms with Crippen LogP contribution in [0.3, 0.4) is 0 Å². The van der Waals surface area contributed by atoms with Crippen molar-refractivity contribution in [3.8, 4) is 5.75 Å². The second kappa shape index (κ2) is 8.03. The summed E-state index contributed by atoms with van der Waals surface area (Å²) in [4.78, 5) is 14.2. The molecule has 1 fully saturated rings. The fourth-order valence-electron chi connectivity index (χ4n) is 3.05. The average molecular weight is 290 g/mol. The third-order valence-corrected chi connectivity index (χ3v) is 4.31. The SMILES string of the molecule is CN(CCCOc1ccccc1)C(=O)C1CCCC1CN. The van der Waals surface area contributed by atoms with Gasteiger partial charge in [-0.05, 0) is 43.9 Å². The third-order valence-electron chi connectivity index (χ3n) is 4.31. The molecule has 1 saturated carbocycles. The second-order valence-corrected chi connectivity index (χ2v) is 5.81. The summed E-state index contributed by atoms with van der Waals surface area (Å²) in [6, 6.07) is 9.77. The zero-order valence-corrected chi connectivity index (χ0v) is 12.8. The highest BCUT2D eigenvalue weighted by Gasteiger charge is 2.33. The van der Waals surface area contributed by atoms with Crippen LogP contribution in [0.2, 0.25) is 0 Å². The molecular weight excluding hydrogens is 264 g/mol. The molecule has 1 aliphatic rings. The number of rotatable bonds is 7. The number of carbonyl (C=O) groups excluding carboxylic acids is 1. The molecule has 1 aromatic carbocycles. The highest BCUT2D eigenvalue weighted by molar-refractivity contribution is 5.79. The highest BCUT2D eigenvalue weighted by Crippen LogP contribution is 2.32. The van der Waals surface area contributed by atoms with Gasteiger partial charge in [-0.1, -0.05) is 24.6 Å². The molecule has 0 aliphatic heterocycles. The summed E-state index contributed by atoms with van der Waals surface area (Å²) < 4.78 is 5.65. The predicted molar refractivity (Wildman–Crippen MR) is 84.1 cm³/mol. The van der Waals surface area contributed by atoms with Crippen molar-refractivity contribution in [2.45, 2.75) is 25.7 Å². The van der Waals surface area contributed by atoms with E-state index in [9.17, 15) is 4.79 Å². The van der Waals surface area contributed by atoms with Gasteiger partial charge >= 0.3 is 0 Å². The largest absolute Gasteiger partial charge is 0.494 e. The Bertz CT molecular complexity index is 436. The van der Waals surface area contributed by atoms with Crippen LogP contribution in [0.5, 0.6) is 5.75 Å². The molecule has 0 saturated heterocycles. The summed E-state index contributed by atoms with van der Waals surface area (Å²) in [6.45, 7) is 1.99. The Hall–Kier alpha value is -1.55. The zero-order chi connectivity index (χ0) is 15.1. The van der Waals surface area contributed by atoms with Gasteiger partial charge in [-0.25, -0.2) is 0 Å². The van der Waals surface area contributed by atoms with Gasteiger partial charge in [0.05, 0.1) is 6.61 Å². The van der Waals surface area contributed by atoms with Gasteiger partial charge in [0, 0.05) is 19.5 Å². The molecule has 116 valence electrons. The highest BCUT2D eigenvalue weighted by atomic mass is 16.5. The van der Waals surface area contributed by atoms with Crippen LogP contribution in [0.25, 0.3) is 0 Å². The molecule has 0 bridgehead atoms. The first-order valence-corrected chi connectivity index (χ1v) is 7.85. The Morgan fingerprint density at radius 1 is 1.33 bits per heavy atom. The van der Waals surface area contributed by atoms with Gasteiger partial charge in [0.25, 0.3) is 0 Å². The van der Waals surface area contributed by atoms with Gasteiger partial charge in [0.2, 0.25) is 5.91 Å². The van der Waals surface area contributed by atoms with Crippen molar-refractivity contribution < 1.29 is 9.53 Å². The molecule has 1 aliphatic carbocycles. The lowest BCUT2D eigenvalue weighted by Gasteiger charge is -2.24. The van der Waals surface area contributed by atoms with Gasteiger partial charge in [-0.2, -0.15) is 0 Å². The van der Waals surface area contributed by atoms with Gasteiger partial charge in [-0.15, -0.1) is 0 Å². The summed E-state index contributed by atoms with van der Waals surface area (Å²) in [5.41, 5.74) is 5.76. The van der Waals surface area contributed by atoms with Gasteiger partial charge < -0.3 is 15.4 Å². The summed E-state index contributed by atoms with van der Waals surface area (Å²) in [6.07, 6.45) is 4.06. The van der Waals surface area contributed by atoms with Gasteiger partial charge in [0.15, 0.2) is 0 Å². The van der Waals surface area contributed by atoms with Crippen molar-refractivity contribution in [3.63, 3.8) is 0 Å². The maximum atomic E-state index is 12.4. The average Bonchev–Trinajstić information content (AvgIpc) is 3.00. The maximum absolute atomic E-state index is 12.4. The topological polar surface area (TPSA) is 55.6 Å². The fraction of sp³-hybridized carbons (Fsp3) is 0.588. The Labute approximate surface area is 127 Å². The van der Waals surface area contributed by atoms with Crippen molar-refractivity contribution in [3.05, 3.63) is 30.3 Å². The van der Waals surface area contributed by atoms with E-state index in [1.54, 1.807) is 0 Å². The second-order valence-electron chi connectivity index (χ2n) is 5.81. The lowest BCUT2D eigenvalue weighted by Crippen LogP contribution is -2.37. The van der Waals surface area contributed by atoms with E-state index in [0.29, 0.717) is 19.1 Å². The first-order valence-electron chi connectivity index (χ1n) is 7.85. The molecular formula is C17H26N2O2. The van der Waals surface area contributed by atoms with E-state index in [1.807, 2.05) is 42.3 Å². The van der Waals surface area contributed by atoms with Crippen molar-refractivity contribution in [2.75, 3.05) is 26.7 Å². The van der Waals surface area contributed by atoms with E-state index in [2.05, 4.69) is 0 Å². The summed E-state index contributed by atoms with van der Waals surface area (Å²) in [7, 11) is 1.89. The zero-order valence-electron chi connectivity index (χ0n) is 12.8. The molecule has 21 heavy (non-hydrogen) atoms. The Morgan fingerprint density at radius 2 is 2.10 bits per heavy atom. The summed E-state index contributed by atoms with van der Waals surface area (Å²) >= 11 is 0. The number of para-hydroxylation sites is 1. The monoisotopic (exact) mass is 290 g/mol. The van der Waals surface area contributed by atoms with Crippen LogP contribution in [0.1, 0.15) is 25.7 Å². The first kappa shape index (κ1) is 15.8. The molecule has 4 nitrogen and oxygen atoms in total. The Morgan fingerprint density at radius 3 is 2.81 bits per heavy atom. The number of amides is 1. The fourth-order valence-corrected chi connectivity index (χ4v) is 3.05. The standard InChI is InChI=1S/C17H26N2O2/c1-19(17(20)16-10-5-7-14(16)13-18)11-6-12-21-15-8-3-2-4-9-15/h2-4,8-9,14,16H,5-7,10-13,18H2,1H3. The molecule has 1 amide bonds. The van der Waals surface area contributed by atoms with Crippen molar-refractivity contribution in [1.29, 1.82) is 0 Å². The van der Waals surface area contributed by atoms with E-state index in [-0.39, 0.29) is 11.8 Å². The minimum atomic E-state index is 0.134. The summed E-state index contributed by atoms with van der Waals surface area (Å²) in [5.74, 6) is 1.64. The minimum absolute atomic E-state index is 0.134. The van der Waals surface area contributed by atoms with Crippen molar-refractivity contribution >= 4 is 5.91 Å². The smallest absolute Gasteiger partial charge is 0.225 e. The van der Waals surface area contributed by atoms with Crippen LogP contribution in [-0.2, 0) is 4.79 Å². The number of hydrogen-bond acceptors (Lipinski definition) is 3. The van der Waals surface area contributed by atoms with E-state index in [1.165, 1.54) is 0 Å². The number of nitrogens with zero attached hydrogens (tertiary/aromatic N) is 1. The van der Waals surface area contributed by atoms with Gasteiger partial charge in [0.1, 0.15) is 5.75 Å². The molecule has 0 spiro atoms. The Balaban J connectivity index is 1.69. The van der Waals surface area contributed by atoms with E-state index >= 15 is 0 Å². The number of hydrogen-bond donors (Lipinski definition) is 1. The van der Waals surface area contributed by atoms with Crippen molar-refractivity contribution in [1.82, 2.24) is 4.90 Å². The molecule has 2 rings (SSSR count). The van der Waals surface area contributed by atoms with E-state index in [4.69, 9.17) is 10.5 Å². The van der Waals surface area contributed by atoms with Crippen LogP contribution < -0.4 is 10.5 Å². The molecule has 2 atom stereocenters. The van der Waals surface area contributed by atoms with Crippen molar-refractivity contribution in [2.24, 2.45) is 17.6 Å². The maximum Gasteiger partial charge on any atom is 0.225 e. The molecule has 0 radical (unpaired) electrons. The number of benzene rings is 1. The Kier molecular flexibility index (Phi) is 6.05. The minimum Gasteiger partial charge on any atom is -0.494 e. The van der Waals surface area contributed by atoms with Crippen LogP contribution in [0, 0.1) is 11.8 Å². The molecule has 0 aromatic heterocycles. The van der Waals surface area contributed by atoms with Crippen LogP contribution >= 0.6 is 0 Å². The molecule has 2 N–H and O–H groups in total. The number of ether oxygens (including phenoxy) is 1. The lowest BCUT2D eigenvalue weighted by molar-refractivity contribution is -0.135. The normalized spacial score (nSPS) is 21.2. The molecule has 0 heterocycles. The quantitative estimate of drug-likeness (QED) is 0.784.